The number of imidazole rings is 1. The highest BCUT2D eigenvalue weighted by molar-refractivity contribution is 9.10. The summed E-state index contributed by atoms with van der Waals surface area (Å²) in [6.45, 7) is 2.94. The first-order chi connectivity index (χ1) is 10.8. The topological polar surface area (TPSA) is 40.7 Å². The van der Waals surface area contributed by atoms with Crippen molar-refractivity contribution in [3.63, 3.8) is 0 Å². The zero-order valence-electron chi connectivity index (χ0n) is 12.3. The molecule has 0 saturated carbocycles. The van der Waals surface area contributed by atoms with Gasteiger partial charge in [-0.1, -0.05) is 27.9 Å². The third-order valence-corrected chi connectivity index (χ3v) is 4.71. The zero-order chi connectivity index (χ0) is 15.1. The molecule has 1 aliphatic heterocycles. The zero-order valence-corrected chi connectivity index (χ0v) is 13.9. The second-order valence-corrected chi connectivity index (χ2v) is 6.57. The van der Waals surface area contributed by atoms with Crippen LogP contribution in [0.4, 0.5) is 0 Å². The smallest absolute Gasteiger partial charge is 0.124 e. The Balaban J connectivity index is 2.01. The highest BCUT2D eigenvalue weighted by atomic mass is 79.9. The van der Waals surface area contributed by atoms with Gasteiger partial charge >= 0.3 is 0 Å². The highest BCUT2D eigenvalue weighted by Crippen LogP contribution is 2.31. The summed E-state index contributed by atoms with van der Waals surface area (Å²) in [5, 5.41) is 5.80. The number of halogens is 1. The van der Waals surface area contributed by atoms with E-state index in [4.69, 9.17) is 4.98 Å². The minimum atomic E-state index is 0.346. The van der Waals surface area contributed by atoms with Gasteiger partial charge in [-0.2, -0.15) is 0 Å². The van der Waals surface area contributed by atoms with Crippen molar-refractivity contribution in [1.82, 2.24) is 15.3 Å². The number of hydrogen-bond acceptors (Lipinski definition) is 2. The molecule has 22 heavy (non-hydrogen) atoms. The molecule has 2 heterocycles. The van der Waals surface area contributed by atoms with Crippen LogP contribution in [0.1, 0.15) is 37.2 Å². The summed E-state index contributed by atoms with van der Waals surface area (Å²) in [4.78, 5) is 8.36. The van der Waals surface area contributed by atoms with Crippen molar-refractivity contribution in [3.05, 3.63) is 40.1 Å². The number of nitrogens with one attached hydrogen (secondary N) is 2. The van der Waals surface area contributed by atoms with Gasteiger partial charge in [-0.25, -0.2) is 4.98 Å². The van der Waals surface area contributed by atoms with E-state index < -0.39 is 0 Å². The monoisotopic (exact) mass is 353 g/mol. The van der Waals surface area contributed by atoms with Gasteiger partial charge in [0, 0.05) is 20.8 Å². The third-order valence-electron chi connectivity index (χ3n) is 4.22. The van der Waals surface area contributed by atoms with Gasteiger partial charge in [0.1, 0.15) is 5.82 Å². The lowest BCUT2D eigenvalue weighted by Gasteiger charge is -2.04. The first kappa shape index (κ1) is 13.8. The summed E-state index contributed by atoms with van der Waals surface area (Å²) in [7, 11) is 0. The maximum absolute atomic E-state index is 4.87. The molecule has 0 aliphatic carbocycles. The lowest BCUT2D eigenvalue weighted by atomic mass is 10.0. The van der Waals surface area contributed by atoms with Crippen molar-refractivity contribution in [1.29, 1.82) is 0 Å². The van der Waals surface area contributed by atoms with Crippen LogP contribution in [0.15, 0.2) is 28.7 Å². The van der Waals surface area contributed by atoms with E-state index in [0.717, 1.165) is 50.6 Å². The van der Waals surface area contributed by atoms with Gasteiger partial charge in [-0.3, -0.25) is 0 Å². The van der Waals surface area contributed by atoms with Gasteiger partial charge in [-0.15, -0.1) is 5.92 Å². The lowest BCUT2D eigenvalue weighted by Crippen LogP contribution is -2.13. The maximum atomic E-state index is 4.87. The Labute approximate surface area is 137 Å². The fourth-order valence-electron chi connectivity index (χ4n) is 3.20. The summed E-state index contributed by atoms with van der Waals surface area (Å²) < 4.78 is 1.06. The van der Waals surface area contributed by atoms with E-state index in [1.165, 1.54) is 6.42 Å². The predicted molar refractivity (Wildman–Crippen MR) is 93.8 cm³/mol. The van der Waals surface area contributed by atoms with Crippen molar-refractivity contribution in [2.45, 2.75) is 25.8 Å². The SMILES string of the molecule is CC#Cc1cc2[nH]c([C@@H]3CCCN3)nc2c2ccc(Br)cc12. The summed E-state index contributed by atoms with van der Waals surface area (Å²) in [5.74, 6) is 7.26. The van der Waals surface area contributed by atoms with Crippen molar-refractivity contribution in [3.8, 4) is 11.8 Å². The van der Waals surface area contributed by atoms with E-state index in [0.29, 0.717) is 6.04 Å². The molecule has 0 bridgehead atoms. The van der Waals surface area contributed by atoms with Crippen LogP contribution < -0.4 is 5.32 Å². The first-order valence-electron chi connectivity index (χ1n) is 7.54. The van der Waals surface area contributed by atoms with Gasteiger partial charge in [0.2, 0.25) is 0 Å². The number of rotatable bonds is 1. The number of aromatic amines is 1. The Morgan fingerprint density at radius 2 is 2.18 bits per heavy atom. The molecule has 1 fully saturated rings. The summed E-state index contributed by atoms with van der Waals surface area (Å²) >= 11 is 3.55. The van der Waals surface area contributed by atoms with Crippen molar-refractivity contribution < 1.29 is 0 Å². The third kappa shape index (κ3) is 2.22. The minimum Gasteiger partial charge on any atom is -0.341 e. The molecule has 0 unspecified atom stereocenters. The van der Waals surface area contributed by atoms with Crippen LogP contribution in [-0.2, 0) is 0 Å². The van der Waals surface area contributed by atoms with Crippen LogP contribution in [0.5, 0.6) is 0 Å². The second kappa shape index (κ2) is 5.42. The molecule has 2 aromatic carbocycles. The largest absolute Gasteiger partial charge is 0.341 e. The molecule has 1 atom stereocenters. The standard InChI is InChI=1S/C18H16BrN3/c1-2-4-11-9-16-17(13-7-6-12(19)10-14(11)13)22-18(21-16)15-5-3-8-20-15/h6-7,9-10,15,20H,3,5,8H2,1H3,(H,21,22)/t15-/m0/s1. The Morgan fingerprint density at radius 3 is 2.95 bits per heavy atom. The van der Waals surface area contributed by atoms with Crippen molar-refractivity contribution in [2.75, 3.05) is 6.54 Å². The van der Waals surface area contributed by atoms with Crippen molar-refractivity contribution >= 4 is 37.7 Å². The van der Waals surface area contributed by atoms with Gasteiger partial charge < -0.3 is 10.3 Å². The highest BCUT2D eigenvalue weighted by Gasteiger charge is 2.20. The van der Waals surface area contributed by atoms with E-state index in [-0.39, 0.29) is 0 Å². The van der Waals surface area contributed by atoms with E-state index in [2.05, 4.69) is 62.3 Å². The average Bonchev–Trinajstić information content (AvgIpc) is 3.16. The van der Waals surface area contributed by atoms with E-state index in [9.17, 15) is 0 Å². The Bertz CT molecular complexity index is 924. The second-order valence-electron chi connectivity index (χ2n) is 5.66. The number of hydrogen-bond donors (Lipinski definition) is 2. The summed E-state index contributed by atoms with van der Waals surface area (Å²) in [5.41, 5.74) is 3.14. The van der Waals surface area contributed by atoms with Crippen molar-refractivity contribution in [2.24, 2.45) is 0 Å². The number of aromatic nitrogens is 2. The number of nitrogens with zero attached hydrogens (tertiary/aromatic N) is 1. The molecule has 110 valence electrons. The quantitative estimate of drug-likeness (QED) is 0.641. The molecule has 2 N–H and O–H groups in total. The molecular weight excluding hydrogens is 338 g/mol. The average molecular weight is 354 g/mol. The van der Waals surface area contributed by atoms with Gasteiger partial charge in [0.25, 0.3) is 0 Å². The van der Waals surface area contributed by atoms with E-state index in [1.54, 1.807) is 0 Å². The molecule has 1 aliphatic rings. The summed E-state index contributed by atoms with van der Waals surface area (Å²) in [6, 6.07) is 8.77. The molecule has 0 spiro atoms. The van der Waals surface area contributed by atoms with Crippen LogP contribution >= 0.6 is 15.9 Å². The Hall–Kier alpha value is -1.83. The number of H-pyrrole nitrogens is 1. The molecular formula is C18H16BrN3. The minimum absolute atomic E-state index is 0.346. The molecule has 0 radical (unpaired) electrons. The van der Waals surface area contributed by atoms with Crippen LogP contribution in [0.3, 0.4) is 0 Å². The molecule has 4 heteroatoms. The van der Waals surface area contributed by atoms with Crippen LogP contribution in [0, 0.1) is 11.8 Å². The van der Waals surface area contributed by atoms with Crippen LogP contribution in [0.25, 0.3) is 21.8 Å². The fraction of sp³-hybridized carbons (Fsp3) is 0.278. The number of benzene rings is 2. The van der Waals surface area contributed by atoms with Gasteiger partial charge in [0.05, 0.1) is 17.1 Å². The molecule has 1 aromatic heterocycles. The molecule has 4 rings (SSSR count). The molecule has 3 aromatic rings. The number of fused-ring (bicyclic) bond motifs is 3. The predicted octanol–water partition coefficient (Wildman–Crippen LogP) is 4.27. The molecule has 0 amide bonds. The van der Waals surface area contributed by atoms with Gasteiger partial charge in [0.15, 0.2) is 0 Å². The van der Waals surface area contributed by atoms with Crippen LogP contribution in [0.2, 0.25) is 0 Å². The van der Waals surface area contributed by atoms with E-state index in [1.807, 2.05) is 6.92 Å². The molecule has 3 nitrogen and oxygen atoms in total. The van der Waals surface area contributed by atoms with Crippen LogP contribution in [-0.4, -0.2) is 16.5 Å². The first-order valence-corrected chi connectivity index (χ1v) is 8.33. The fourth-order valence-corrected chi connectivity index (χ4v) is 3.57. The van der Waals surface area contributed by atoms with Gasteiger partial charge in [-0.05, 0) is 44.5 Å². The maximum Gasteiger partial charge on any atom is 0.124 e. The lowest BCUT2D eigenvalue weighted by molar-refractivity contribution is 0.614. The molecule has 1 saturated heterocycles. The Morgan fingerprint density at radius 1 is 1.27 bits per heavy atom. The normalized spacial score (nSPS) is 17.8. The Kier molecular flexibility index (Phi) is 3.40. The summed E-state index contributed by atoms with van der Waals surface area (Å²) in [6.07, 6.45) is 2.35. The van der Waals surface area contributed by atoms with E-state index >= 15 is 0 Å².